The number of hydrogen-bond acceptors (Lipinski definition) is 26. The molecule has 0 aliphatic carbocycles. The smallest absolute Gasteiger partial charge is 0.347 e. The number of benzene rings is 9. The topological polar surface area (TPSA) is 318 Å². The van der Waals surface area contributed by atoms with E-state index >= 15 is 0 Å². The van der Waals surface area contributed by atoms with Gasteiger partial charge in [-0.05, 0) is 303 Å². The largest absolute Gasteiger partial charge is 0.494 e. The summed E-state index contributed by atoms with van der Waals surface area (Å²) in [5.41, 5.74) is 2.75. The SMILES string of the molecule is C=CC(=O)OCCCCCCOc1ccc(C(=O)Oc2ccc(OC(=O)c3ccc(OCCCCCCOC(=O)C=C)cc3)c(C(=O)Oc3cc(-c4ccc(-c5ccc(OCC)c(OC(=O)c6cc(OC(=O)c7ccc(OCCCCCCOC(=O)C=C)cc7)ccc6OC(=O)c6ccc(OCCCCCCOC(=O)C(=C)C)cc6)c5)cc4)ccc3OCC)c2)cc1. The molecule has 0 aliphatic rings. The average molecular weight is 1730 g/mol. The van der Waals surface area contributed by atoms with Gasteiger partial charge in [0, 0.05) is 23.8 Å². The molecule has 0 atom stereocenters. The summed E-state index contributed by atoms with van der Waals surface area (Å²) in [4.78, 5) is 131. The van der Waals surface area contributed by atoms with Crippen LogP contribution < -0.4 is 56.8 Å². The van der Waals surface area contributed by atoms with Crippen molar-refractivity contribution in [1.82, 2.24) is 0 Å². The first-order valence-electron chi connectivity index (χ1n) is 42.1. The maximum Gasteiger partial charge on any atom is 0.347 e. The lowest BCUT2D eigenvalue weighted by Gasteiger charge is -2.16. The lowest BCUT2D eigenvalue weighted by Crippen LogP contribution is -2.16. The van der Waals surface area contributed by atoms with Crippen molar-refractivity contribution in [2.75, 3.05) is 66.1 Å². The van der Waals surface area contributed by atoms with Crippen molar-refractivity contribution in [3.05, 3.63) is 278 Å². The third kappa shape index (κ3) is 32.2. The molecule has 9 aromatic carbocycles. The second-order valence-corrected chi connectivity index (χ2v) is 28.6. The summed E-state index contributed by atoms with van der Waals surface area (Å²) in [6.45, 7) is 22.1. The lowest BCUT2D eigenvalue weighted by atomic mass is 9.99. The Morgan fingerprint density at radius 2 is 0.504 bits per heavy atom. The Balaban J connectivity index is 0.910. The molecule has 9 aromatic rings. The van der Waals surface area contributed by atoms with Crippen molar-refractivity contribution >= 4 is 59.7 Å². The number of esters is 10. The molecule has 9 rings (SSSR count). The van der Waals surface area contributed by atoms with Crippen LogP contribution in [0.15, 0.2) is 244 Å². The zero-order valence-corrected chi connectivity index (χ0v) is 71.5. The minimum atomic E-state index is -1.02. The first kappa shape index (κ1) is 96.3. The molecule has 0 N–H and O–H groups in total. The highest BCUT2D eigenvalue weighted by atomic mass is 16.6. The van der Waals surface area contributed by atoms with Gasteiger partial charge in [0.25, 0.3) is 0 Å². The van der Waals surface area contributed by atoms with E-state index < -0.39 is 59.7 Å². The van der Waals surface area contributed by atoms with E-state index in [4.69, 9.17) is 75.8 Å². The fourth-order valence-corrected chi connectivity index (χ4v) is 12.3. The average Bonchev–Trinajstić information content (AvgIpc) is 0.801. The molecule has 0 saturated carbocycles. The molecular weight excluding hydrogens is 1630 g/mol. The van der Waals surface area contributed by atoms with Crippen molar-refractivity contribution in [2.45, 2.75) is 124 Å². The molecule has 664 valence electrons. The van der Waals surface area contributed by atoms with Crippen LogP contribution in [0.3, 0.4) is 0 Å². The second-order valence-electron chi connectivity index (χ2n) is 28.6. The molecular formula is C101H104O26. The van der Waals surface area contributed by atoms with Gasteiger partial charge in [0.15, 0.2) is 23.0 Å². The van der Waals surface area contributed by atoms with E-state index in [9.17, 15) is 47.9 Å². The molecule has 0 spiro atoms. The number of rotatable bonds is 54. The van der Waals surface area contributed by atoms with Gasteiger partial charge in [-0.1, -0.05) is 62.7 Å². The molecule has 26 heteroatoms. The summed E-state index contributed by atoms with van der Waals surface area (Å²) < 4.78 is 91.7. The number of carbonyl (C=O) groups is 10. The number of hydrogen-bond donors (Lipinski definition) is 0. The monoisotopic (exact) mass is 1730 g/mol. The molecule has 0 heterocycles. The Kier molecular flexibility index (Phi) is 39.5. The molecule has 0 radical (unpaired) electrons. The quantitative estimate of drug-likeness (QED) is 0.0112. The highest BCUT2D eigenvalue weighted by Gasteiger charge is 2.27. The van der Waals surface area contributed by atoms with Gasteiger partial charge >= 0.3 is 59.7 Å². The molecule has 0 fully saturated rings. The molecule has 0 unspecified atom stereocenters. The van der Waals surface area contributed by atoms with E-state index in [1.54, 1.807) is 106 Å². The third-order valence-electron chi connectivity index (χ3n) is 19.0. The predicted octanol–water partition coefficient (Wildman–Crippen LogP) is 20.2. The summed E-state index contributed by atoms with van der Waals surface area (Å²) in [5.74, 6) is -5.39. The van der Waals surface area contributed by atoms with E-state index in [2.05, 4.69) is 26.3 Å². The second kappa shape index (κ2) is 52.2. The van der Waals surface area contributed by atoms with E-state index in [0.717, 1.165) is 95.3 Å². The van der Waals surface area contributed by atoms with Gasteiger partial charge < -0.3 is 75.8 Å². The fraction of sp³-hybridized carbons (Fsp3) is 0.287. The first-order valence-corrected chi connectivity index (χ1v) is 42.1. The Morgan fingerprint density at radius 3 is 0.787 bits per heavy atom. The van der Waals surface area contributed by atoms with E-state index in [0.29, 0.717) is 129 Å². The summed E-state index contributed by atoms with van der Waals surface area (Å²) >= 11 is 0. The minimum Gasteiger partial charge on any atom is -0.494 e. The zero-order chi connectivity index (χ0) is 90.5. The van der Waals surface area contributed by atoms with E-state index in [1.807, 2.05) is 24.3 Å². The number of unbranched alkanes of at least 4 members (excludes halogenated alkanes) is 12. The van der Waals surface area contributed by atoms with Gasteiger partial charge in [-0.15, -0.1) is 0 Å². The first-order chi connectivity index (χ1) is 61.7. The van der Waals surface area contributed by atoms with Crippen LogP contribution in [0.5, 0.6) is 69.0 Å². The van der Waals surface area contributed by atoms with Crippen LogP contribution in [-0.2, 0) is 38.1 Å². The highest BCUT2D eigenvalue weighted by molar-refractivity contribution is 6.00. The van der Waals surface area contributed by atoms with Crippen LogP contribution in [0.4, 0.5) is 0 Å². The summed E-state index contributed by atoms with van der Waals surface area (Å²) in [6.07, 6.45) is 15.8. The lowest BCUT2D eigenvalue weighted by molar-refractivity contribution is -0.139. The van der Waals surface area contributed by atoms with E-state index in [1.165, 1.54) is 84.9 Å². The predicted molar refractivity (Wildman–Crippen MR) is 473 cm³/mol. The Labute approximate surface area is 738 Å². The number of ether oxygens (including phenoxy) is 16. The summed E-state index contributed by atoms with van der Waals surface area (Å²) in [5, 5.41) is 0. The van der Waals surface area contributed by atoms with Crippen molar-refractivity contribution in [3.63, 3.8) is 0 Å². The fourth-order valence-electron chi connectivity index (χ4n) is 12.3. The summed E-state index contributed by atoms with van der Waals surface area (Å²) in [7, 11) is 0. The van der Waals surface area contributed by atoms with E-state index in [-0.39, 0.29) is 92.6 Å². The molecule has 0 aliphatic heterocycles. The molecule has 0 saturated heterocycles. The van der Waals surface area contributed by atoms with Crippen LogP contribution in [0.1, 0.15) is 186 Å². The highest BCUT2D eigenvalue weighted by Crippen LogP contribution is 2.39. The van der Waals surface area contributed by atoms with Crippen molar-refractivity contribution in [2.24, 2.45) is 0 Å². The molecule has 0 aromatic heterocycles. The summed E-state index contributed by atoms with van der Waals surface area (Å²) in [6, 6.07) is 50.2. The molecule has 0 bridgehead atoms. The Bertz CT molecular complexity index is 5140. The van der Waals surface area contributed by atoms with Crippen LogP contribution in [0, 0.1) is 0 Å². The van der Waals surface area contributed by atoms with Crippen LogP contribution in [-0.4, -0.2) is 126 Å². The maximum absolute atomic E-state index is 14.8. The molecule has 0 amide bonds. The van der Waals surface area contributed by atoms with Crippen LogP contribution in [0.2, 0.25) is 0 Å². The van der Waals surface area contributed by atoms with Gasteiger partial charge in [-0.2, -0.15) is 0 Å². The van der Waals surface area contributed by atoms with Crippen molar-refractivity contribution in [1.29, 1.82) is 0 Å². The zero-order valence-electron chi connectivity index (χ0n) is 71.5. The molecule has 26 nitrogen and oxygen atoms in total. The standard InChI is InChI=1S/C101H104O26/c1-8-92(102)118-61-25-17-13-21-57-114-78-43-33-72(34-44-78)96(106)122-82-51-55-86(124-98(108)74-37-47-80(48-38-74)116-59-23-15-19-27-63-120-94(104)10-3)84(67-82)100(110)126-90-65-76(41-53-88(90)112-11-4)70-29-31-71(32-30-70)77-42-54-89(113-12-5)91(66-77)127-101(111)85-68-83(123-97(107)73-35-45-79(46-36-73)115-58-22-14-18-26-62-119-93(103)9-2)52-56-87(85)125-99(109)75-39-49-81(50-40-75)117-60-24-16-20-28-64-121-95(105)69(6)7/h8-10,29-56,65-68H,1-3,6,11-28,57-64H2,4-5,7H3. The van der Waals surface area contributed by atoms with Gasteiger partial charge in [0.05, 0.1) is 88.3 Å². The van der Waals surface area contributed by atoms with Gasteiger partial charge in [0.1, 0.15) is 57.1 Å². The van der Waals surface area contributed by atoms with Crippen molar-refractivity contribution in [3.8, 4) is 91.2 Å². The number of carbonyl (C=O) groups excluding carboxylic acids is 10. The minimum absolute atomic E-state index is 0.0248. The molecule has 127 heavy (non-hydrogen) atoms. The third-order valence-corrected chi connectivity index (χ3v) is 19.0. The maximum atomic E-state index is 14.8. The van der Waals surface area contributed by atoms with Gasteiger partial charge in [-0.3, -0.25) is 0 Å². The van der Waals surface area contributed by atoms with Crippen LogP contribution >= 0.6 is 0 Å². The Hall–Kier alpha value is -14.6. The normalized spacial score (nSPS) is 10.6. The van der Waals surface area contributed by atoms with Gasteiger partial charge in [0.2, 0.25) is 0 Å². The van der Waals surface area contributed by atoms with Gasteiger partial charge in [-0.25, -0.2) is 47.9 Å². The van der Waals surface area contributed by atoms with Crippen molar-refractivity contribution < 1.29 is 124 Å². The van der Waals surface area contributed by atoms with Crippen LogP contribution in [0.25, 0.3) is 22.3 Å². The Morgan fingerprint density at radius 1 is 0.252 bits per heavy atom.